The maximum Gasteiger partial charge on any atom is 0.500 e. The van der Waals surface area contributed by atoms with Gasteiger partial charge in [-0.3, -0.25) is 0 Å². The van der Waals surface area contributed by atoms with Crippen LogP contribution in [0.5, 0.6) is 0 Å². The first-order valence-electron chi connectivity index (χ1n) is 6.48. The van der Waals surface area contributed by atoms with Crippen LogP contribution in [0.3, 0.4) is 0 Å². The first-order chi connectivity index (χ1) is 7.81. The fourth-order valence-electron chi connectivity index (χ4n) is 1.34. The highest BCUT2D eigenvalue weighted by Gasteiger charge is 2.39. The normalized spacial score (nSPS) is 15.0. The van der Waals surface area contributed by atoms with Crippen LogP contribution >= 0.6 is 0 Å². The number of hydrogen-bond acceptors (Lipinski definition) is 4. The largest absolute Gasteiger partial charge is 0.500 e. The van der Waals surface area contributed by atoms with Gasteiger partial charge < -0.3 is 19.0 Å². The molecule has 0 aliphatic rings. The molecule has 0 spiro atoms. The summed E-state index contributed by atoms with van der Waals surface area (Å²) in [6, 6.07) is 0.799. The summed E-state index contributed by atoms with van der Waals surface area (Å²) < 4.78 is 17.4. The monoisotopic (exact) mass is 279 g/mol. The highest BCUT2D eigenvalue weighted by molar-refractivity contribution is 6.77. The molecule has 0 radical (unpaired) electrons. The van der Waals surface area contributed by atoms with Gasteiger partial charge in [-0.15, -0.1) is 0 Å². The molecule has 0 aromatic carbocycles. The van der Waals surface area contributed by atoms with Gasteiger partial charge in [-0.05, 0) is 13.8 Å². The Hall–Kier alpha value is 0.274. The fourth-order valence-corrected chi connectivity index (χ4v) is 4.26. The second-order valence-corrected chi connectivity index (χ2v) is 13.6. The van der Waals surface area contributed by atoms with Crippen LogP contribution in [-0.2, 0) is 13.3 Å². The van der Waals surface area contributed by atoms with Crippen LogP contribution in [0.1, 0.15) is 20.8 Å². The molecule has 4 nitrogen and oxygen atoms in total. The fraction of sp³-hybridized carbons (Fsp3) is 1.00. The number of hydrogen-bond donors (Lipinski definition) is 1. The van der Waals surface area contributed by atoms with E-state index in [1.165, 1.54) is 0 Å². The molecule has 17 heavy (non-hydrogen) atoms. The van der Waals surface area contributed by atoms with Crippen LogP contribution in [0.2, 0.25) is 25.7 Å². The van der Waals surface area contributed by atoms with E-state index in [2.05, 4.69) is 26.6 Å². The van der Waals surface area contributed by atoms with Crippen LogP contribution in [0, 0.1) is 0 Å². The summed E-state index contributed by atoms with van der Waals surface area (Å²) in [6.07, 6.45) is 0. The Balaban J connectivity index is 4.43. The minimum atomic E-state index is -2.47. The SMILES string of the molecule is CCO[Si](CC)(OCC)OCC(N)[Si](C)(C)C. The van der Waals surface area contributed by atoms with Crippen LogP contribution in [0.25, 0.3) is 0 Å². The van der Waals surface area contributed by atoms with E-state index in [0.717, 1.165) is 6.04 Å². The van der Waals surface area contributed by atoms with Gasteiger partial charge in [0.1, 0.15) is 0 Å². The molecule has 0 aliphatic heterocycles. The van der Waals surface area contributed by atoms with E-state index in [1.54, 1.807) is 0 Å². The van der Waals surface area contributed by atoms with Crippen molar-refractivity contribution in [3.8, 4) is 0 Å². The van der Waals surface area contributed by atoms with Crippen LogP contribution in [0.4, 0.5) is 0 Å². The highest BCUT2D eigenvalue weighted by Crippen LogP contribution is 2.17. The summed E-state index contributed by atoms with van der Waals surface area (Å²) >= 11 is 0. The Labute approximate surface area is 108 Å². The Morgan fingerprint density at radius 3 is 1.71 bits per heavy atom. The van der Waals surface area contributed by atoms with Crippen molar-refractivity contribution in [1.82, 2.24) is 0 Å². The zero-order valence-electron chi connectivity index (χ0n) is 12.2. The minimum absolute atomic E-state index is 0.127. The average Bonchev–Trinajstić information content (AvgIpc) is 2.24. The van der Waals surface area contributed by atoms with Gasteiger partial charge in [-0.25, -0.2) is 0 Å². The lowest BCUT2D eigenvalue weighted by atomic mass is 10.7. The highest BCUT2D eigenvalue weighted by atomic mass is 28.4. The van der Waals surface area contributed by atoms with E-state index >= 15 is 0 Å². The van der Waals surface area contributed by atoms with Crippen molar-refractivity contribution in [3.63, 3.8) is 0 Å². The molecule has 0 bridgehead atoms. The molecule has 0 amide bonds. The lowest BCUT2D eigenvalue weighted by Gasteiger charge is -2.32. The molecular formula is C11H29NO3Si2. The Bertz CT molecular complexity index is 203. The zero-order chi connectivity index (χ0) is 13.5. The van der Waals surface area contributed by atoms with Crippen LogP contribution < -0.4 is 5.73 Å². The first kappa shape index (κ1) is 17.3. The van der Waals surface area contributed by atoms with Crippen molar-refractivity contribution in [2.75, 3.05) is 19.8 Å². The van der Waals surface area contributed by atoms with Gasteiger partial charge in [0.25, 0.3) is 0 Å². The summed E-state index contributed by atoms with van der Waals surface area (Å²) in [6.45, 7) is 14.5. The van der Waals surface area contributed by atoms with Gasteiger partial charge in [0.15, 0.2) is 0 Å². The van der Waals surface area contributed by atoms with E-state index in [-0.39, 0.29) is 5.67 Å². The smallest absolute Gasteiger partial charge is 0.374 e. The van der Waals surface area contributed by atoms with Crippen LogP contribution in [-0.4, -0.2) is 42.4 Å². The van der Waals surface area contributed by atoms with E-state index in [0.29, 0.717) is 19.8 Å². The molecule has 1 atom stereocenters. The van der Waals surface area contributed by atoms with E-state index in [1.807, 2.05) is 13.8 Å². The van der Waals surface area contributed by atoms with Crippen molar-refractivity contribution in [2.45, 2.75) is 52.1 Å². The molecule has 0 aromatic rings. The molecule has 2 N–H and O–H groups in total. The average molecular weight is 280 g/mol. The molecule has 0 rings (SSSR count). The van der Waals surface area contributed by atoms with Gasteiger partial charge in [0.2, 0.25) is 0 Å². The van der Waals surface area contributed by atoms with E-state index < -0.39 is 16.9 Å². The zero-order valence-corrected chi connectivity index (χ0v) is 14.2. The standard InChI is InChI=1S/C11H29NO3Si2/c1-7-13-17(9-3,14-8-2)15-10-11(12)16(4,5)6/h11H,7-10,12H2,1-6H3. The third kappa shape index (κ3) is 6.12. The van der Waals surface area contributed by atoms with Gasteiger partial charge in [-0.2, -0.15) is 0 Å². The van der Waals surface area contributed by atoms with Crippen molar-refractivity contribution in [3.05, 3.63) is 0 Å². The Morgan fingerprint density at radius 1 is 0.941 bits per heavy atom. The second-order valence-electron chi connectivity index (χ2n) is 5.19. The first-order valence-corrected chi connectivity index (χ1v) is 12.0. The molecule has 0 aliphatic carbocycles. The number of nitrogens with two attached hydrogens (primary N) is 1. The maximum absolute atomic E-state index is 6.15. The molecule has 0 aromatic heterocycles. The Morgan fingerprint density at radius 2 is 1.41 bits per heavy atom. The lowest BCUT2D eigenvalue weighted by Crippen LogP contribution is -2.53. The molecule has 0 fully saturated rings. The summed E-state index contributed by atoms with van der Waals surface area (Å²) in [5.41, 5.74) is 6.28. The predicted molar refractivity (Wildman–Crippen MR) is 76.8 cm³/mol. The molecule has 0 saturated carbocycles. The molecule has 0 saturated heterocycles. The summed E-state index contributed by atoms with van der Waals surface area (Å²) in [5, 5.41) is 0. The molecule has 6 heteroatoms. The van der Waals surface area contributed by atoms with Gasteiger partial charge in [0, 0.05) is 24.9 Å². The van der Waals surface area contributed by atoms with Crippen LogP contribution in [0.15, 0.2) is 0 Å². The van der Waals surface area contributed by atoms with Crippen molar-refractivity contribution in [1.29, 1.82) is 0 Å². The molecule has 1 unspecified atom stereocenters. The summed E-state index contributed by atoms with van der Waals surface area (Å²) in [4.78, 5) is 0. The van der Waals surface area contributed by atoms with Crippen molar-refractivity contribution in [2.24, 2.45) is 5.73 Å². The van der Waals surface area contributed by atoms with Gasteiger partial charge >= 0.3 is 8.80 Å². The molecular weight excluding hydrogens is 250 g/mol. The third-order valence-electron chi connectivity index (χ3n) is 2.76. The molecule has 0 heterocycles. The maximum atomic E-state index is 6.15. The quantitative estimate of drug-likeness (QED) is 0.658. The lowest BCUT2D eigenvalue weighted by molar-refractivity contribution is 0.0679. The second kappa shape index (κ2) is 7.65. The third-order valence-corrected chi connectivity index (χ3v) is 8.08. The van der Waals surface area contributed by atoms with Gasteiger partial charge in [0.05, 0.1) is 14.7 Å². The van der Waals surface area contributed by atoms with E-state index in [4.69, 9.17) is 19.0 Å². The van der Waals surface area contributed by atoms with Crippen molar-refractivity contribution < 1.29 is 13.3 Å². The van der Waals surface area contributed by atoms with Gasteiger partial charge in [-0.1, -0.05) is 26.6 Å². The van der Waals surface area contributed by atoms with Crippen molar-refractivity contribution >= 4 is 16.9 Å². The number of rotatable bonds is 9. The summed E-state index contributed by atoms with van der Waals surface area (Å²) in [7, 11) is -3.82. The summed E-state index contributed by atoms with van der Waals surface area (Å²) in [5.74, 6) is 0. The Kier molecular flexibility index (Phi) is 7.78. The van der Waals surface area contributed by atoms with E-state index in [9.17, 15) is 0 Å². The minimum Gasteiger partial charge on any atom is -0.374 e. The molecule has 104 valence electrons. The predicted octanol–water partition coefficient (Wildman–Crippen LogP) is 2.24. The topological polar surface area (TPSA) is 53.7 Å².